The van der Waals surface area contributed by atoms with Crippen LogP contribution < -0.4 is 16.0 Å². The van der Waals surface area contributed by atoms with Crippen LogP contribution in [0.15, 0.2) is 42.6 Å². The number of pyridine rings is 1. The molecule has 1 aromatic heterocycles. The van der Waals surface area contributed by atoms with Gasteiger partial charge in [0.15, 0.2) is 0 Å². The molecule has 3 N–H and O–H groups in total. The van der Waals surface area contributed by atoms with Crippen LogP contribution in [0.25, 0.3) is 0 Å². The fourth-order valence-electron chi connectivity index (χ4n) is 1.72. The lowest BCUT2D eigenvalue weighted by Crippen LogP contribution is -2.11. The summed E-state index contributed by atoms with van der Waals surface area (Å²) in [7, 11) is 4.01. The number of hydrogen-bond donors (Lipinski definition) is 2. The van der Waals surface area contributed by atoms with Gasteiger partial charge in [-0.2, -0.15) is 0 Å². The van der Waals surface area contributed by atoms with E-state index in [9.17, 15) is 0 Å². The van der Waals surface area contributed by atoms with Crippen LogP contribution in [-0.4, -0.2) is 24.1 Å². The van der Waals surface area contributed by atoms with E-state index >= 15 is 0 Å². The van der Waals surface area contributed by atoms with E-state index < -0.39 is 0 Å². The molecule has 0 amide bonds. The summed E-state index contributed by atoms with van der Waals surface area (Å²) in [5.74, 6) is 0.759. The Morgan fingerprint density at radius 3 is 2.53 bits per heavy atom. The number of hydrogen-bond acceptors (Lipinski definition) is 4. The van der Waals surface area contributed by atoms with Crippen LogP contribution >= 0.6 is 12.2 Å². The van der Waals surface area contributed by atoms with E-state index in [1.54, 1.807) is 6.20 Å². The average molecular weight is 272 g/mol. The number of nitrogens with zero attached hydrogens (tertiary/aromatic N) is 2. The van der Waals surface area contributed by atoms with Crippen molar-refractivity contribution >= 4 is 34.4 Å². The molecule has 0 saturated carbocycles. The first-order valence-corrected chi connectivity index (χ1v) is 6.28. The number of para-hydroxylation sites is 2. The molecule has 2 rings (SSSR count). The van der Waals surface area contributed by atoms with E-state index in [0.717, 1.165) is 22.8 Å². The van der Waals surface area contributed by atoms with Gasteiger partial charge in [-0.25, -0.2) is 4.98 Å². The third kappa shape index (κ3) is 3.20. The van der Waals surface area contributed by atoms with E-state index in [1.807, 2.05) is 55.4 Å². The summed E-state index contributed by atoms with van der Waals surface area (Å²) in [5, 5.41) is 3.28. The lowest BCUT2D eigenvalue weighted by atomic mass is 10.2. The van der Waals surface area contributed by atoms with Crippen LogP contribution in [0.1, 0.15) is 5.56 Å². The predicted molar refractivity (Wildman–Crippen MR) is 84.2 cm³/mol. The fraction of sp³-hybridized carbons (Fsp3) is 0.143. The van der Waals surface area contributed by atoms with Crippen molar-refractivity contribution in [2.24, 2.45) is 5.73 Å². The minimum atomic E-state index is 0.354. The zero-order chi connectivity index (χ0) is 13.8. The second-order valence-electron chi connectivity index (χ2n) is 4.33. The van der Waals surface area contributed by atoms with E-state index in [-0.39, 0.29) is 0 Å². The number of nitrogens with two attached hydrogens (primary N) is 1. The summed E-state index contributed by atoms with van der Waals surface area (Å²) in [6, 6.07) is 11.8. The quantitative estimate of drug-likeness (QED) is 0.838. The van der Waals surface area contributed by atoms with Crippen molar-refractivity contribution in [2.75, 3.05) is 24.3 Å². The summed E-state index contributed by atoms with van der Waals surface area (Å²) < 4.78 is 0. The van der Waals surface area contributed by atoms with Crippen LogP contribution in [0.4, 0.5) is 17.2 Å². The van der Waals surface area contributed by atoms with Crippen molar-refractivity contribution < 1.29 is 0 Å². The summed E-state index contributed by atoms with van der Waals surface area (Å²) >= 11 is 4.90. The number of thiocarbonyl (C=S) groups is 1. The van der Waals surface area contributed by atoms with Gasteiger partial charge in [-0.3, -0.25) is 0 Å². The van der Waals surface area contributed by atoms with Gasteiger partial charge in [0.05, 0.1) is 11.4 Å². The molecule has 0 unspecified atom stereocenters. The normalized spacial score (nSPS) is 10.0. The van der Waals surface area contributed by atoms with Gasteiger partial charge in [0.25, 0.3) is 0 Å². The van der Waals surface area contributed by atoms with Crippen molar-refractivity contribution in [1.82, 2.24) is 4.98 Å². The van der Waals surface area contributed by atoms with Gasteiger partial charge in [0.2, 0.25) is 0 Å². The maximum absolute atomic E-state index is 5.54. The molecule has 0 aliphatic carbocycles. The molecule has 98 valence electrons. The Bertz CT molecular complexity index is 578. The van der Waals surface area contributed by atoms with Gasteiger partial charge >= 0.3 is 0 Å². The Kier molecular flexibility index (Phi) is 3.97. The second kappa shape index (κ2) is 5.67. The first-order chi connectivity index (χ1) is 9.08. The number of anilines is 3. The van der Waals surface area contributed by atoms with Crippen molar-refractivity contribution in [3.8, 4) is 0 Å². The summed E-state index contributed by atoms with van der Waals surface area (Å²) in [6.45, 7) is 0. The fourth-order valence-corrected chi connectivity index (χ4v) is 1.84. The maximum Gasteiger partial charge on any atom is 0.130 e. The lowest BCUT2D eigenvalue weighted by molar-refractivity contribution is 1.13. The lowest BCUT2D eigenvalue weighted by Gasteiger charge is -2.18. The Labute approximate surface area is 118 Å². The van der Waals surface area contributed by atoms with E-state index in [0.29, 0.717) is 4.99 Å². The highest BCUT2D eigenvalue weighted by Gasteiger charge is 2.04. The molecule has 0 bridgehead atoms. The van der Waals surface area contributed by atoms with Gasteiger partial charge in [-0.15, -0.1) is 0 Å². The number of rotatable bonds is 4. The molecular formula is C14H16N4S. The van der Waals surface area contributed by atoms with E-state index in [4.69, 9.17) is 18.0 Å². The highest BCUT2D eigenvalue weighted by molar-refractivity contribution is 7.80. The third-order valence-corrected chi connectivity index (χ3v) is 2.93. The monoisotopic (exact) mass is 272 g/mol. The Hall–Kier alpha value is -2.14. The minimum absolute atomic E-state index is 0.354. The molecule has 2 aromatic rings. The highest BCUT2D eigenvalue weighted by Crippen LogP contribution is 2.26. The SMILES string of the molecule is CN(C)c1ccccc1Nc1ccc(C(N)=S)cn1. The molecule has 0 aliphatic heterocycles. The molecule has 1 heterocycles. The standard InChI is InChI=1S/C14H16N4S/c1-18(2)12-6-4-3-5-11(12)17-13-8-7-10(9-16-13)14(15)19/h3-9H,1-2H3,(H2,15,19)(H,16,17). The number of benzene rings is 1. The van der Waals surface area contributed by atoms with Crippen LogP contribution in [0, 0.1) is 0 Å². The van der Waals surface area contributed by atoms with Gasteiger partial charge in [0.1, 0.15) is 10.8 Å². The van der Waals surface area contributed by atoms with Crippen molar-refractivity contribution in [3.63, 3.8) is 0 Å². The largest absolute Gasteiger partial charge is 0.389 e. The number of nitrogens with one attached hydrogen (secondary N) is 1. The molecule has 5 heteroatoms. The first-order valence-electron chi connectivity index (χ1n) is 5.87. The zero-order valence-electron chi connectivity index (χ0n) is 10.9. The van der Waals surface area contributed by atoms with Gasteiger partial charge in [0, 0.05) is 25.9 Å². The molecule has 0 atom stereocenters. The second-order valence-corrected chi connectivity index (χ2v) is 4.77. The van der Waals surface area contributed by atoms with Crippen molar-refractivity contribution in [3.05, 3.63) is 48.2 Å². The minimum Gasteiger partial charge on any atom is -0.389 e. The van der Waals surface area contributed by atoms with Gasteiger partial charge in [-0.1, -0.05) is 24.4 Å². The Morgan fingerprint density at radius 1 is 1.21 bits per heavy atom. The van der Waals surface area contributed by atoms with E-state index in [1.165, 1.54) is 0 Å². The van der Waals surface area contributed by atoms with E-state index in [2.05, 4.69) is 10.3 Å². The smallest absolute Gasteiger partial charge is 0.130 e. The molecule has 0 aliphatic rings. The summed E-state index contributed by atoms with van der Waals surface area (Å²) in [6.07, 6.45) is 1.67. The molecule has 19 heavy (non-hydrogen) atoms. The van der Waals surface area contributed by atoms with Gasteiger partial charge < -0.3 is 16.0 Å². The number of aromatic nitrogens is 1. The van der Waals surface area contributed by atoms with Crippen LogP contribution in [-0.2, 0) is 0 Å². The van der Waals surface area contributed by atoms with Crippen molar-refractivity contribution in [2.45, 2.75) is 0 Å². The summed E-state index contributed by atoms with van der Waals surface area (Å²) in [4.78, 5) is 6.70. The third-order valence-electron chi connectivity index (χ3n) is 2.70. The first kappa shape index (κ1) is 13.3. The molecule has 0 radical (unpaired) electrons. The molecule has 0 saturated heterocycles. The van der Waals surface area contributed by atoms with Crippen LogP contribution in [0.5, 0.6) is 0 Å². The Balaban J connectivity index is 2.24. The Morgan fingerprint density at radius 2 is 1.95 bits per heavy atom. The maximum atomic E-state index is 5.54. The molecule has 0 fully saturated rings. The van der Waals surface area contributed by atoms with Gasteiger partial charge in [-0.05, 0) is 24.3 Å². The van der Waals surface area contributed by atoms with Crippen LogP contribution in [0.2, 0.25) is 0 Å². The predicted octanol–water partition coefficient (Wildman–Crippen LogP) is 2.53. The summed E-state index contributed by atoms with van der Waals surface area (Å²) in [5.41, 5.74) is 8.41. The van der Waals surface area contributed by atoms with Crippen molar-refractivity contribution in [1.29, 1.82) is 0 Å². The topological polar surface area (TPSA) is 54.2 Å². The zero-order valence-corrected chi connectivity index (χ0v) is 11.7. The molecular weight excluding hydrogens is 256 g/mol. The molecule has 4 nitrogen and oxygen atoms in total. The van der Waals surface area contributed by atoms with Crippen LogP contribution in [0.3, 0.4) is 0 Å². The highest BCUT2D eigenvalue weighted by atomic mass is 32.1. The molecule has 0 spiro atoms. The molecule has 1 aromatic carbocycles. The average Bonchev–Trinajstić information content (AvgIpc) is 2.39.